The lowest BCUT2D eigenvalue weighted by molar-refractivity contribution is 0.393. The van der Waals surface area contributed by atoms with E-state index in [1.807, 2.05) is 6.92 Å². The Bertz CT molecular complexity index is 1020. The van der Waals surface area contributed by atoms with Gasteiger partial charge in [-0.25, -0.2) is 8.42 Å². The number of anilines is 1. The van der Waals surface area contributed by atoms with Gasteiger partial charge in [0.1, 0.15) is 5.75 Å². The molecule has 4 nitrogen and oxygen atoms in total. The van der Waals surface area contributed by atoms with Gasteiger partial charge in [0.05, 0.1) is 10.6 Å². The molecule has 2 aromatic rings. The highest BCUT2D eigenvalue weighted by molar-refractivity contribution is 7.92. The second kappa shape index (κ2) is 5.61. The molecule has 0 spiro atoms. The van der Waals surface area contributed by atoms with Crippen LogP contribution < -0.4 is 4.72 Å². The van der Waals surface area contributed by atoms with Crippen LogP contribution in [0, 0.1) is 6.92 Å². The fraction of sp³-hybridized carbons (Fsp3) is 0.333. The summed E-state index contributed by atoms with van der Waals surface area (Å²) in [6.07, 6.45) is 4.16. The molecule has 0 unspecified atom stereocenters. The lowest BCUT2D eigenvalue weighted by atomic mass is 9.60. The van der Waals surface area contributed by atoms with Crippen molar-refractivity contribution in [3.05, 3.63) is 64.7 Å². The molecule has 136 valence electrons. The second-order valence-corrected chi connectivity index (χ2v) is 9.42. The number of allylic oxidation sites excluding steroid dienone is 2. The van der Waals surface area contributed by atoms with Gasteiger partial charge in [0.2, 0.25) is 0 Å². The summed E-state index contributed by atoms with van der Waals surface area (Å²) >= 11 is 0. The Balaban J connectivity index is 1.83. The van der Waals surface area contributed by atoms with Gasteiger partial charge in [-0.1, -0.05) is 36.3 Å². The molecule has 0 radical (unpaired) electrons. The summed E-state index contributed by atoms with van der Waals surface area (Å²) in [5.41, 5.74) is 4.35. The van der Waals surface area contributed by atoms with Crippen molar-refractivity contribution in [1.29, 1.82) is 0 Å². The number of phenolic OH excluding ortho intramolecular Hbond substituents is 1. The van der Waals surface area contributed by atoms with E-state index in [0.29, 0.717) is 5.69 Å². The molecule has 0 saturated heterocycles. The summed E-state index contributed by atoms with van der Waals surface area (Å²) in [7, 11) is -3.69. The standard InChI is InChI=1S/C21H23NO3S/c1-13-4-6-15(7-5-13)26(24,25)22-17-8-9-18(23)19-16-10-11-21(3,20(17)19)12-14(16)2/h4-9,12,16,22-23H,10-11H2,1-3H3/t16-,21+/m0/s1. The Kier molecular flexibility index (Phi) is 3.70. The van der Waals surface area contributed by atoms with Gasteiger partial charge in [-0.05, 0) is 56.5 Å². The average molecular weight is 369 g/mol. The Labute approximate surface area is 154 Å². The number of hydrogen-bond donors (Lipinski definition) is 2. The Morgan fingerprint density at radius 2 is 1.81 bits per heavy atom. The first-order valence-corrected chi connectivity index (χ1v) is 10.3. The van der Waals surface area contributed by atoms with E-state index in [4.69, 9.17) is 0 Å². The van der Waals surface area contributed by atoms with E-state index in [0.717, 1.165) is 29.5 Å². The predicted octanol–water partition coefficient (Wildman–Crippen LogP) is 4.60. The van der Waals surface area contributed by atoms with Crippen molar-refractivity contribution in [2.45, 2.75) is 49.8 Å². The summed E-state index contributed by atoms with van der Waals surface area (Å²) in [5.74, 6) is 0.414. The molecule has 0 aliphatic heterocycles. The predicted molar refractivity (Wildman–Crippen MR) is 103 cm³/mol. The van der Waals surface area contributed by atoms with Crippen LogP contribution in [0.5, 0.6) is 5.75 Å². The average Bonchev–Trinajstić information content (AvgIpc) is 2.57. The van der Waals surface area contributed by atoms with Crippen molar-refractivity contribution in [3.63, 3.8) is 0 Å². The van der Waals surface area contributed by atoms with Gasteiger partial charge in [-0.15, -0.1) is 0 Å². The van der Waals surface area contributed by atoms with Crippen molar-refractivity contribution < 1.29 is 13.5 Å². The van der Waals surface area contributed by atoms with Crippen LogP contribution in [0.3, 0.4) is 0 Å². The number of hydrogen-bond acceptors (Lipinski definition) is 3. The Morgan fingerprint density at radius 1 is 1.12 bits per heavy atom. The molecular weight excluding hydrogens is 346 g/mol. The van der Waals surface area contributed by atoms with Gasteiger partial charge < -0.3 is 5.11 Å². The van der Waals surface area contributed by atoms with Crippen LogP contribution in [0.4, 0.5) is 5.69 Å². The number of aromatic hydroxyl groups is 1. The van der Waals surface area contributed by atoms with E-state index >= 15 is 0 Å². The summed E-state index contributed by atoms with van der Waals surface area (Å²) < 4.78 is 28.5. The van der Waals surface area contributed by atoms with E-state index < -0.39 is 10.0 Å². The maximum atomic E-state index is 12.9. The van der Waals surface area contributed by atoms with Crippen LogP contribution in [-0.2, 0) is 15.4 Å². The van der Waals surface area contributed by atoms with Gasteiger partial charge in [0.15, 0.2) is 0 Å². The first kappa shape index (κ1) is 17.2. The number of fused-ring (bicyclic) bond motifs is 1. The van der Waals surface area contributed by atoms with Crippen molar-refractivity contribution >= 4 is 15.7 Å². The maximum absolute atomic E-state index is 12.9. The fourth-order valence-electron chi connectivity index (χ4n) is 4.50. The molecular formula is C21H23NO3S. The summed E-state index contributed by atoms with van der Waals surface area (Å²) in [5, 5.41) is 10.5. The zero-order chi connectivity index (χ0) is 18.7. The number of rotatable bonds is 3. The minimum absolute atomic E-state index is 0.163. The smallest absolute Gasteiger partial charge is 0.261 e. The lowest BCUT2D eigenvalue weighted by Gasteiger charge is -2.45. The quantitative estimate of drug-likeness (QED) is 0.614. The molecule has 5 heteroatoms. The van der Waals surface area contributed by atoms with Gasteiger partial charge in [0, 0.05) is 16.9 Å². The molecule has 2 bridgehead atoms. The molecule has 0 amide bonds. The van der Waals surface area contributed by atoms with E-state index in [9.17, 15) is 13.5 Å². The molecule has 2 aromatic carbocycles. The van der Waals surface area contributed by atoms with Gasteiger partial charge >= 0.3 is 0 Å². The topological polar surface area (TPSA) is 66.4 Å². The SMILES string of the molecule is CC1=C[C@@]2(C)CC[C@@H]1c1c(O)ccc(NS(=O)(=O)c3ccc(C)cc3)c12. The van der Waals surface area contributed by atoms with E-state index in [1.165, 1.54) is 5.57 Å². The molecule has 5 rings (SSSR count). The van der Waals surface area contributed by atoms with Crippen LogP contribution in [0.2, 0.25) is 0 Å². The first-order valence-electron chi connectivity index (χ1n) is 8.86. The fourth-order valence-corrected chi connectivity index (χ4v) is 5.57. The zero-order valence-electron chi connectivity index (χ0n) is 15.2. The van der Waals surface area contributed by atoms with Gasteiger partial charge in [0.25, 0.3) is 10.0 Å². The Morgan fingerprint density at radius 3 is 2.46 bits per heavy atom. The van der Waals surface area contributed by atoms with Gasteiger partial charge in [-0.3, -0.25) is 4.72 Å². The van der Waals surface area contributed by atoms with Crippen molar-refractivity contribution in [2.24, 2.45) is 0 Å². The molecule has 0 fully saturated rings. The zero-order valence-corrected chi connectivity index (χ0v) is 16.0. The summed E-state index contributed by atoms with van der Waals surface area (Å²) in [6, 6.07) is 10.1. The van der Waals surface area contributed by atoms with Crippen molar-refractivity contribution in [1.82, 2.24) is 0 Å². The van der Waals surface area contributed by atoms with Gasteiger partial charge in [-0.2, -0.15) is 0 Å². The molecule has 26 heavy (non-hydrogen) atoms. The van der Waals surface area contributed by atoms with Crippen LogP contribution in [-0.4, -0.2) is 13.5 Å². The first-order chi connectivity index (χ1) is 12.2. The number of phenols is 1. The third-order valence-electron chi connectivity index (χ3n) is 5.77. The van der Waals surface area contributed by atoms with Crippen LogP contribution >= 0.6 is 0 Å². The van der Waals surface area contributed by atoms with Crippen LogP contribution in [0.15, 0.2) is 52.9 Å². The molecule has 0 heterocycles. The molecule has 2 atom stereocenters. The lowest BCUT2D eigenvalue weighted by Crippen LogP contribution is -2.34. The summed E-state index contributed by atoms with van der Waals surface area (Å²) in [4.78, 5) is 0.239. The molecule has 3 aliphatic rings. The maximum Gasteiger partial charge on any atom is 0.261 e. The highest BCUT2D eigenvalue weighted by Gasteiger charge is 2.43. The second-order valence-electron chi connectivity index (χ2n) is 7.74. The summed E-state index contributed by atoms with van der Waals surface area (Å²) in [6.45, 7) is 6.13. The molecule has 0 aromatic heterocycles. The molecule has 0 saturated carbocycles. The minimum Gasteiger partial charge on any atom is -0.508 e. The largest absolute Gasteiger partial charge is 0.508 e. The highest BCUT2D eigenvalue weighted by atomic mass is 32.2. The number of nitrogens with one attached hydrogen (secondary N) is 1. The van der Waals surface area contributed by atoms with E-state index in [-0.39, 0.29) is 22.0 Å². The monoisotopic (exact) mass is 369 g/mol. The molecule has 3 aliphatic carbocycles. The minimum atomic E-state index is -3.69. The van der Waals surface area contributed by atoms with E-state index in [2.05, 4.69) is 24.6 Å². The molecule has 2 N–H and O–H groups in total. The number of aryl methyl sites for hydroxylation is 1. The number of sulfonamides is 1. The van der Waals surface area contributed by atoms with E-state index in [1.54, 1.807) is 36.4 Å². The Hall–Kier alpha value is -2.27. The van der Waals surface area contributed by atoms with Crippen molar-refractivity contribution in [3.8, 4) is 5.75 Å². The van der Waals surface area contributed by atoms with Crippen molar-refractivity contribution in [2.75, 3.05) is 4.72 Å². The van der Waals surface area contributed by atoms with Crippen LogP contribution in [0.1, 0.15) is 49.3 Å². The van der Waals surface area contributed by atoms with Crippen LogP contribution in [0.25, 0.3) is 0 Å². The highest BCUT2D eigenvalue weighted by Crippen LogP contribution is 2.56. The number of benzene rings is 2. The third-order valence-corrected chi connectivity index (χ3v) is 7.15. The third kappa shape index (κ3) is 2.53. The normalized spacial score (nSPS) is 24.1.